The maximum absolute atomic E-state index is 12.6. The maximum Gasteiger partial charge on any atom is 0.321 e. The van der Waals surface area contributed by atoms with E-state index >= 15 is 0 Å². The van der Waals surface area contributed by atoms with Crippen LogP contribution in [0.15, 0.2) is 36.4 Å². The van der Waals surface area contributed by atoms with Crippen LogP contribution in [0.5, 0.6) is 5.75 Å². The van der Waals surface area contributed by atoms with Crippen LogP contribution < -0.4 is 5.32 Å². The number of carboxylic acids is 1. The molecule has 0 spiro atoms. The summed E-state index contributed by atoms with van der Waals surface area (Å²) >= 11 is 0. The zero-order chi connectivity index (χ0) is 18.8. The van der Waals surface area contributed by atoms with Crippen molar-refractivity contribution in [2.45, 2.75) is 32.4 Å². The molecule has 6 nitrogen and oxygen atoms in total. The van der Waals surface area contributed by atoms with Crippen molar-refractivity contribution in [1.82, 2.24) is 10.2 Å². The number of hydrogen-bond donors (Lipinski definition) is 3. The van der Waals surface area contributed by atoms with Gasteiger partial charge in [0.25, 0.3) is 5.91 Å². The summed E-state index contributed by atoms with van der Waals surface area (Å²) in [6.45, 7) is 5.25. The molecule has 0 bridgehead atoms. The van der Waals surface area contributed by atoms with Crippen LogP contribution in [0.25, 0.3) is 10.8 Å². The molecular formula is C20H24N2O4. The Morgan fingerprint density at radius 1 is 1.23 bits per heavy atom. The van der Waals surface area contributed by atoms with Crippen LogP contribution in [0, 0.1) is 5.92 Å². The molecule has 3 rings (SSSR count). The minimum atomic E-state index is -0.865. The number of likely N-dealkylation sites (tertiary alicyclic amines) is 1. The number of aromatic hydroxyl groups is 1. The van der Waals surface area contributed by atoms with Gasteiger partial charge in [-0.15, -0.1) is 0 Å². The molecule has 1 aliphatic heterocycles. The quantitative estimate of drug-likeness (QED) is 0.766. The lowest BCUT2D eigenvalue weighted by Gasteiger charge is -2.22. The number of amides is 1. The van der Waals surface area contributed by atoms with E-state index < -0.39 is 12.0 Å². The van der Waals surface area contributed by atoms with Crippen LogP contribution >= 0.6 is 0 Å². The molecule has 1 fully saturated rings. The topological polar surface area (TPSA) is 89.9 Å². The molecule has 2 aromatic carbocycles. The number of aliphatic carboxylic acids is 1. The number of phenols is 1. The Labute approximate surface area is 152 Å². The number of carboxylic acid groups (broad SMARTS) is 1. The van der Waals surface area contributed by atoms with Crippen molar-refractivity contribution in [2.24, 2.45) is 5.92 Å². The Hall–Kier alpha value is -2.60. The summed E-state index contributed by atoms with van der Waals surface area (Å²) in [7, 11) is 0. The second kappa shape index (κ2) is 7.33. The summed E-state index contributed by atoms with van der Waals surface area (Å²) in [5, 5.41) is 24.2. The highest BCUT2D eigenvalue weighted by Gasteiger charge is 2.37. The van der Waals surface area contributed by atoms with Crippen molar-refractivity contribution in [3.8, 4) is 5.75 Å². The number of rotatable bonds is 5. The largest absolute Gasteiger partial charge is 0.506 e. The fourth-order valence-corrected chi connectivity index (χ4v) is 3.64. The molecular weight excluding hydrogens is 332 g/mol. The molecule has 1 amide bonds. The van der Waals surface area contributed by atoms with Crippen molar-refractivity contribution in [1.29, 1.82) is 0 Å². The van der Waals surface area contributed by atoms with Gasteiger partial charge < -0.3 is 15.5 Å². The Kier molecular flexibility index (Phi) is 5.13. The first-order valence-corrected chi connectivity index (χ1v) is 8.85. The van der Waals surface area contributed by atoms with Gasteiger partial charge in [0.15, 0.2) is 0 Å². The molecule has 1 heterocycles. The van der Waals surface area contributed by atoms with Gasteiger partial charge in [-0.2, -0.15) is 0 Å². The Bertz CT molecular complexity index is 834. The van der Waals surface area contributed by atoms with Crippen molar-refractivity contribution in [3.05, 3.63) is 42.0 Å². The lowest BCUT2D eigenvalue weighted by Crippen LogP contribution is -2.39. The van der Waals surface area contributed by atoms with E-state index in [1.807, 2.05) is 36.9 Å². The minimum Gasteiger partial charge on any atom is -0.506 e. The first kappa shape index (κ1) is 18.2. The Balaban J connectivity index is 1.76. The van der Waals surface area contributed by atoms with E-state index in [1.54, 1.807) is 18.2 Å². The molecule has 0 saturated carbocycles. The molecule has 6 heteroatoms. The second-order valence-electron chi connectivity index (χ2n) is 7.29. The smallest absolute Gasteiger partial charge is 0.321 e. The van der Waals surface area contributed by atoms with Gasteiger partial charge in [0.05, 0.1) is 5.56 Å². The second-order valence-corrected chi connectivity index (χ2v) is 7.29. The minimum absolute atomic E-state index is 0.0487. The van der Waals surface area contributed by atoms with E-state index in [9.17, 15) is 19.8 Å². The number of nitrogens with one attached hydrogen (secondary N) is 1. The predicted molar refractivity (Wildman–Crippen MR) is 99.3 cm³/mol. The van der Waals surface area contributed by atoms with Crippen LogP contribution in [-0.2, 0) is 4.79 Å². The summed E-state index contributed by atoms with van der Waals surface area (Å²) in [5.41, 5.74) is 0.206. The van der Waals surface area contributed by atoms with Gasteiger partial charge in [0, 0.05) is 24.5 Å². The number of fused-ring (bicyclic) bond motifs is 1. The van der Waals surface area contributed by atoms with E-state index in [1.165, 1.54) is 0 Å². The average Bonchev–Trinajstić information content (AvgIpc) is 2.97. The van der Waals surface area contributed by atoms with Crippen molar-refractivity contribution in [2.75, 3.05) is 13.1 Å². The number of hydrogen-bond acceptors (Lipinski definition) is 4. The third kappa shape index (κ3) is 3.65. The molecule has 138 valence electrons. The van der Waals surface area contributed by atoms with Crippen LogP contribution in [0.4, 0.5) is 0 Å². The van der Waals surface area contributed by atoms with Gasteiger partial charge in [0.1, 0.15) is 11.8 Å². The summed E-state index contributed by atoms with van der Waals surface area (Å²) in [5.74, 6) is -0.951. The Morgan fingerprint density at radius 2 is 1.96 bits per heavy atom. The molecule has 2 atom stereocenters. The highest BCUT2D eigenvalue weighted by Crippen LogP contribution is 2.29. The molecule has 2 aromatic rings. The lowest BCUT2D eigenvalue weighted by atomic mass is 10.0. The molecule has 0 radical (unpaired) electrons. The van der Waals surface area contributed by atoms with Crippen LogP contribution in [0.2, 0.25) is 0 Å². The highest BCUT2D eigenvalue weighted by atomic mass is 16.4. The van der Waals surface area contributed by atoms with E-state index in [0.29, 0.717) is 30.8 Å². The van der Waals surface area contributed by atoms with Crippen molar-refractivity contribution in [3.63, 3.8) is 0 Å². The number of carbonyl (C=O) groups is 2. The monoisotopic (exact) mass is 356 g/mol. The van der Waals surface area contributed by atoms with E-state index in [0.717, 1.165) is 5.39 Å². The molecule has 3 N–H and O–H groups in total. The zero-order valence-corrected chi connectivity index (χ0v) is 15.0. The van der Waals surface area contributed by atoms with Crippen LogP contribution in [0.3, 0.4) is 0 Å². The van der Waals surface area contributed by atoms with Gasteiger partial charge in [-0.1, -0.05) is 44.2 Å². The number of nitrogens with zero attached hydrogens (tertiary/aromatic N) is 1. The molecule has 0 unspecified atom stereocenters. The van der Waals surface area contributed by atoms with E-state index in [2.05, 4.69) is 5.32 Å². The normalized spacial score (nSPS) is 20.6. The number of carbonyl (C=O) groups excluding carboxylic acids is 1. The summed E-state index contributed by atoms with van der Waals surface area (Å²) in [4.78, 5) is 26.0. The summed E-state index contributed by atoms with van der Waals surface area (Å²) in [6, 6.07) is 9.86. The third-order valence-corrected chi connectivity index (χ3v) is 4.77. The fraction of sp³-hybridized carbons (Fsp3) is 0.400. The van der Waals surface area contributed by atoms with Gasteiger partial charge in [-0.25, -0.2) is 0 Å². The van der Waals surface area contributed by atoms with Gasteiger partial charge in [-0.3, -0.25) is 14.5 Å². The SMILES string of the molecule is CC(C)CN1C[C@@H](NC(=O)c2ccc3ccccc3c2O)C[C@H]1C(=O)O. The van der Waals surface area contributed by atoms with Crippen molar-refractivity contribution >= 4 is 22.6 Å². The van der Waals surface area contributed by atoms with Gasteiger partial charge >= 0.3 is 5.97 Å². The van der Waals surface area contributed by atoms with Crippen LogP contribution in [-0.4, -0.2) is 52.2 Å². The number of phenolic OH excluding ortho intramolecular Hbond substituents is 1. The summed E-state index contributed by atoms with van der Waals surface area (Å²) < 4.78 is 0. The highest BCUT2D eigenvalue weighted by molar-refractivity contribution is 6.03. The molecule has 0 aromatic heterocycles. The molecule has 0 aliphatic carbocycles. The standard InChI is InChI=1S/C20H24N2O4/c1-12(2)10-22-11-14(9-17(22)20(25)26)21-19(24)16-8-7-13-5-3-4-6-15(13)18(16)23/h3-8,12,14,17,23H,9-11H2,1-2H3,(H,21,24)(H,25,26)/t14-,17-/m0/s1. The average molecular weight is 356 g/mol. The zero-order valence-electron chi connectivity index (χ0n) is 15.0. The number of benzene rings is 2. The maximum atomic E-state index is 12.6. The van der Waals surface area contributed by atoms with E-state index in [4.69, 9.17) is 0 Å². The first-order chi connectivity index (χ1) is 12.4. The lowest BCUT2D eigenvalue weighted by molar-refractivity contribution is -0.142. The Morgan fingerprint density at radius 3 is 2.65 bits per heavy atom. The summed E-state index contributed by atoms with van der Waals surface area (Å²) in [6.07, 6.45) is 0.363. The predicted octanol–water partition coefficient (Wildman–Crippen LogP) is 2.46. The van der Waals surface area contributed by atoms with Gasteiger partial charge in [-0.05, 0) is 23.8 Å². The molecule has 1 saturated heterocycles. The van der Waals surface area contributed by atoms with E-state index in [-0.39, 0.29) is 23.3 Å². The van der Waals surface area contributed by atoms with Crippen molar-refractivity contribution < 1.29 is 19.8 Å². The van der Waals surface area contributed by atoms with Gasteiger partial charge in [0.2, 0.25) is 0 Å². The fourth-order valence-electron chi connectivity index (χ4n) is 3.64. The van der Waals surface area contributed by atoms with Crippen LogP contribution in [0.1, 0.15) is 30.6 Å². The first-order valence-electron chi connectivity index (χ1n) is 8.85. The molecule has 1 aliphatic rings. The molecule has 26 heavy (non-hydrogen) atoms. The third-order valence-electron chi connectivity index (χ3n) is 4.77.